The van der Waals surface area contributed by atoms with Crippen molar-refractivity contribution in [2.24, 2.45) is 0 Å². The number of halogens is 1. The highest BCUT2D eigenvalue weighted by atomic mass is 79.9. The molecule has 108 valence electrons. The van der Waals surface area contributed by atoms with Crippen LogP contribution in [0.5, 0.6) is 0 Å². The summed E-state index contributed by atoms with van der Waals surface area (Å²) in [4.78, 5) is 12.3. The van der Waals surface area contributed by atoms with E-state index in [0.29, 0.717) is 12.1 Å². The molecule has 0 atom stereocenters. The fourth-order valence-electron chi connectivity index (χ4n) is 2.55. The first-order chi connectivity index (χ1) is 10.1. The van der Waals surface area contributed by atoms with Crippen LogP contribution >= 0.6 is 15.9 Å². The van der Waals surface area contributed by atoms with Crippen molar-refractivity contribution in [2.45, 2.75) is 26.6 Å². The van der Waals surface area contributed by atoms with Crippen LogP contribution in [0.2, 0.25) is 0 Å². The third-order valence-electron chi connectivity index (χ3n) is 3.72. The van der Waals surface area contributed by atoms with Crippen LogP contribution in [0.1, 0.15) is 32.6 Å². The van der Waals surface area contributed by atoms with Crippen LogP contribution in [-0.4, -0.2) is 5.91 Å². The standard InChI is InChI=1S/C17H17BrN2O/c1-11-2-5-16(18)15(6-11)17(21)20-8-12-3-4-13-9-19-10-14(13)7-12/h2-7,19H,8-10H2,1H3,(H,20,21). The molecular weight excluding hydrogens is 328 g/mol. The summed E-state index contributed by atoms with van der Waals surface area (Å²) in [6, 6.07) is 12.2. The summed E-state index contributed by atoms with van der Waals surface area (Å²) >= 11 is 3.43. The Morgan fingerprint density at radius 3 is 2.86 bits per heavy atom. The maximum Gasteiger partial charge on any atom is 0.252 e. The number of carbonyl (C=O) groups excluding carboxylic acids is 1. The number of carbonyl (C=O) groups is 1. The second kappa shape index (κ2) is 6.00. The summed E-state index contributed by atoms with van der Waals surface area (Å²) in [5.41, 5.74) is 5.57. The lowest BCUT2D eigenvalue weighted by Gasteiger charge is -2.09. The number of rotatable bonds is 3. The summed E-state index contributed by atoms with van der Waals surface area (Å²) in [6.07, 6.45) is 0. The fraction of sp³-hybridized carbons (Fsp3) is 0.235. The molecule has 2 aromatic carbocycles. The normalized spacial score (nSPS) is 13.0. The van der Waals surface area contributed by atoms with Crippen LogP contribution < -0.4 is 10.6 Å². The van der Waals surface area contributed by atoms with Gasteiger partial charge in [0, 0.05) is 24.1 Å². The van der Waals surface area contributed by atoms with E-state index in [0.717, 1.165) is 28.7 Å². The molecule has 0 spiro atoms. The summed E-state index contributed by atoms with van der Waals surface area (Å²) in [7, 11) is 0. The van der Waals surface area contributed by atoms with Crippen LogP contribution in [0.3, 0.4) is 0 Å². The van der Waals surface area contributed by atoms with Crippen molar-refractivity contribution in [1.29, 1.82) is 0 Å². The molecule has 2 N–H and O–H groups in total. The molecule has 1 aliphatic heterocycles. The summed E-state index contributed by atoms with van der Waals surface area (Å²) in [5.74, 6) is -0.0517. The van der Waals surface area contributed by atoms with Crippen molar-refractivity contribution in [3.8, 4) is 0 Å². The Morgan fingerprint density at radius 1 is 1.19 bits per heavy atom. The average molecular weight is 345 g/mol. The first-order valence-corrected chi connectivity index (χ1v) is 7.78. The first kappa shape index (κ1) is 14.3. The van der Waals surface area contributed by atoms with Crippen molar-refractivity contribution in [3.63, 3.8) is 0 Å². The number of aryl methyl sites for hydroxylation is 1. The Hall–Kier alpha value is -1.65. The van der Waals surface area contributed by atoms with Crippen molar-refractivity contribution >= 4 is 21.8 Å². The maximum absolute atomic E-state index is 12.3. The monoisotopic (exact) mass is 344 g/mol. The second-order valence-corrected chi connectivity index (χ2v) is 6.23. The molecule has 0 saturated carbocycles. The lowest BCUT2D eigenvalue weighted by molar-refractivity contribution is 0.0950. The zero-order valence-corrected chi connectivity index (χ0v) is 13.5. The van der Waals surface area contributed by atoms with E-state index in [9.17, 15) is 4.79 Å². The van der Waals surface area contributed by atoms with E-state index in [-0.39, 0.29) is 5.91 Å². The Morgan fingerprint density at radius 2 is 2.00 bits per heavy atom. The van der Waals surface area contributed by atoms with Crippen molar-refractivity contribution in [1.82, 2.24) is 10.6 Å². The van der Waals surface area contributed by atoms with Crippen LogP contribution in [0.4, 0.5) is 0 Å². The van der Waals surface area contributed by atoms with E-state index in [1.54, 1.807) is 0 Å². The lowest BCUT2D eigenvalue weighted by atomic mass is 10.1. The minimum atomic E-state index is -0.0517. The van der Waals surface area contributed by atoms with Gasteiger partial charge in [-0.15, -0.1) is 0 Å². The number of hydrogen-bond donors (Lipinski definition) is 2. The van der Waals surface area contributed by atoms with Gasteiger partial charge in [0.05, 0.1) is 5.56 Å². The number of nitrogens with one attached hydrogen (secondary N) is 2. The fourth-order valence-corrected chi connectivity index (χ4v) is 2.98. The van der Waals surface area contributed by atoms with Gasteiger partial charge < -0.3 is 10.6 Å². The van der Waals surface area contributed by atoms with Gasteiger partial charge in [0.2, 0.25) is 0 Å². The van der Waals surface area contributed by atoms with Gasteiger partial charge in [-0.2, -0.15) is 0 Å². The molecule has 0 fully saturated rings. The molecule has 1 aliphatic rings. The summed E-state index contributed by atoms with van der Waals surface area (Å²) < 4.78 is 0.823. The molecule has 1 amide bonds. The van der Waals surface area contributed by atoms with Crippen molar-refractivity contribution in [3.05, 3.63) is 68.7 Å². The molecule has 3 rings (SSSR count). The molecule has 4 heteroatoms. The molecular formula is C17H17BrN2O. The van der Waals surface area contributed by atoms with E-state index < -0.39 is 0 Å². The van der Waals surface area contributed by atoms with E-state index in [1.807, 2.05) is 25.1 Å². The van der Waals surface area contributed by atoms with Crippen molar-refractivity contribution in [2.75, 3.05) is 0 Å². The lowest BCUT2D eigenvalue weighted by Crippen LogP contribution is -2.23. The molecule has 0 radical (unpaired) electrons. The van der Waals surface area contributed by atoms with E-state index in [1.165, 1.54) is 11.1 Å². The van der Waals surface area contributed by atoms with Crippen molar-refractivity contribution < 1.29 is 4.79 Å². The molecule has 0 bridgehead atoms. The molecule has 0 saturated heterocycles. The van der Waals surface area contributed by atoms with Crippen LogP contribution in [0, 0.1) is 6.92 Å². The van der Waals surface area contributed by atoms with Gasteiger partial charge in [-0.05, 0) is 51.7 Å². The predicted octanol–water partition coefficient (Wildman–Crippen LogP) is 3.29. The second-order valence-electron chi connectivity index (χ2n) is 5.37. The quantitative estimate of drug-likeness (QED) is 0.896. The molecule has 0 aromatic heterocycles. The van der Waals surface area contributed by atoms with E-state index >= 15 is 0 Å². The Labute approximate surface area is 132 Å². The summed E-state index contributed by atoms with van der Waals surface area (Å²) in [6.45, 7) is 4.39. The van der Waals surface area contributed by atoms with Gasteiger partial charge in [-0.25, -0.2) is 0 Å². The number of benzene rings is 2. The third kappa shape index (κ3) is 3.17. The Kier molecular flexibility index (Phi) is 4.08. The minimum Gasteiger partial charge on any atom is -0.348 e. The SMILES string of the molecule is Cc1ccc(Br)c(C(=O)NCc2ccc3c(c2)CNC3)c1. The van der Waals surface area contributed by atoms with E-state index in [2.05, 4.69) is 44.8 Å². The molecule has 3 nitrogen and oxygen atoms in total. The molecule has 0 unspecified atom stereocenters. The first-order valence-electron chi connectivity index (χ1n) is 6.99. The zero-order chi connectivity index (χ0) is 14.8. The third-order valence-corrected chi connectivity index (χ3v) is 4.41. The number of fused-ring (bicyclic) bond motifs is 1. The molecule has 1 heterocycles. The molecule has 0 aliphatic carbocycles. The van der Waals surface area contributed by atoms with Crippen LogP contribution in [0.25, 0.3) is 0 Å². The average Bonchev–Trinajstić information content (AvgIpc) is 2.94. The largest absolute Gasteiger partial charge is 0.348 e. The van der Waals surface area contributed by atoms with Gasteiger partial charge >= 0.3 is 0 Å². The van der Waals surface area contributed by atoms with Gasteiger partial charge in [0.1, 0.15) is 0 Å². The van der Waals surface area contributed by atoms with E-state index in [4.69, 9.17) is 0 Å². The van der Waals surface area contributed by atoms with Crippen LogP contribution in [0.15, 0.2) is 40.9 Å². The Balaban J connectivity index is 1.70. The zero-order valence-electron chi connectivity index (χ0n) is 11.9. The van der Waals surface area contributed by atoms with Gasteiger partial charge in [-0.1, -0.05) is 29.8 Å². The highest BCUT2D eigenvalue weighted by Gasteiger charge is 2.12. The van der Waals surface area contributed by atoms with Crippen LogP contribution in [-0.2, 0) is 19.6 Å². The maximum atomic E-state index is 12.3. The smallest absolute Gasteiger partial charge is 0.252 e. The van der Waals surface area contributed by atoms with Gasteiger partial charge in [0.25, 0.3) is 5.91 Å². The molecule has 2 aromatic rings. The topological polar surface area (TPSA) is 41.1 Å². The number of amides is 1. The molecule has 21 heavy (non-hydrogen) atoms. The number of hydrogen-bond acceptors (Lipinski definition) is 2. The van der Waals surface area contributed by atoms with Gasteiger partial charge in [-0.3, -0.25) is 4.79 Å². The summed E-state index contributed by atoms with van der Waals surface area (Å²) in [5, 5.41) is 6.31. The predicted molar refractivity (Wildman–Crippen MR) is 87.0 cm³/mol. The highest BCUT2D eigenvalue weighted by molar-refractivity contribution is 9.10. The minimum absolute atomic E-state index is 0.0517. The van der Waals surface area contributed by atoms with Gasteiger partial charge in [0.15, 0.2) is 0 Å². The Bertz CT molecular complexity index is 697. The highest BCUT2D eigenvalue weighted by Crippen LogP contribution is 2.19.